The zero-order valence-electron chi connectivity index (χ0n) is 13.5. The highest BCUT2D eigenvalue weighted by atomic mass is 35.5. The molecule has 1 saturated carbocycles. The summed E-state index contributed by atoms with van der Waals surface area (Å²) in [4.78, 5) is 0. The van der Waals surface area contributed by atoms with Crippen molar-refractivity contribution < 1.29 is 9.47 Å². The van der Waals surface area contributed by atoms with E-state index < -0.39 is 0 Å². The van der Waals surface area contributed by atoms with Crippen LogP contribution in [0, 0.1) is 0 Å². The van der Waals surface area contributed by atoms with E-state index in [9.17, 15) is 0 Å². The quantitative estimate of drug-likeness (QED) is 0.779. The molecule has 1 N–H and O–H groups in total. The second kappa shape index (κ2) is 8.80. The molecule has 2 aromatic rings. The maximum Gasteiger partial charge on any atom is 0.166 e. The summed E-state index contributed by atoms with van der Waals surface area (Å²) in [5.41, 5.74) is 2.32. The van der Waals surface area contributed by atoms with Crippen molar-refractivity contribution in [1.82, 2.24) is 5.32 Å². The van der Waals surface area contributed by atoms with Gasteiger partial charge in [-0.1, -0.05) is 42.5 Å². The van der Waals surface area contributed by atoms with Crippen molar-refractivity contribution in [3.63, 3.8) is 0 Å². The van der Waals surface area contributed by atoms with Crippen LogP contribution in [0.2, 0.25) is 0 Å². The number of nitrogens with one attached hydrogen (secondary N) is 1. The number of hydrogen-bond acceptors (Lipinski definition) is 3. The molecule has 0 atom stereocenters. The highest BCUT2D eigenvalue weighted by molar-refractivity contribution is 5.85. The number of hydrogen-bond donors (Lipinski definition) is 1. The Labute approximate surface area is 144 Å². The molecule has 0 heterocycles. The van der Waals surface area contributed by atoms with Crippen LogP contribution < -0.4 is 14.8 Å². The molecule has 3 rings (SSSR count). The first-order valence-electron chi connectivity index (χ1n) is 8.01. The van der Waals surface area contributed by atoms with Gasteiger partial charge in [0.1, 0.15) is 6.61 Å². The third-order valence-electron chi connectivity index (χ3n) is 3.74. The fraction of sp³-hybridized carbons (Fsp3) is 0.368. The van der Waals surface area contributed by atoms with Crippen LogP contribution in [-0.4, -0.2) is 12.6 Å². The Morgan fingerprint density at radius 2 is 1.78 bits per heavy atom. The smallest absolute Gasteiger partial charge is 0.166 e. The minimum absolute atomic E-state index is 0. The highest BCUT2D eigenvalue weighted by Gasteiger charge is 2.21. The zero-order chi connectivity index (χ0) is 15.2. The van der Waals surface area contributed by atoms with Crippen LogP contribution in [0.1, 0.15) is 30.9 Å². The summed E-state index contributed by atoms with van der Waals surface area (Å²) in [5, 5.41) is 3.55. The molecule has 124 valence electrons. The monoisotopic (exact) mass is 333 g/mol. The van der Waals surface area contributed by atoms with E-state index >= 15 is 0 Å². The molecule has 0 radical (unpaired) electrons. The summed E-state index contributed by atoms with van der Waals surface area (Å²) in [6.45, 7) is 4.02. The normalized spacial score (nSPS) is 13.3. The topological polar surface area (TPSA) is 30.5 Å². The number of ether oxygens (including phenoxy) is 2. The molecule has 1 fully saturated rings. The first-order valence-corrected chi connectivity index (χ1v) is 8.01. The molecule has 0 aliphatic heterocycles. The average molecular weight is 334 g/mol. The summed E-state index contributed by atoms with van der Waals surface area (Å²) in [6.07, 6.45) is 2.57. The van der Waals surface area contributed by atoms with Gasteiger partial charge >= 0.3 is 0 Å². The first kappa shape index (κ1) is 17.6. The Kier molecular flexibility index (Phi) is 6.75. The van der Waals surface area contributed by atoms with Crippen LogP contribution in [0.15, 0.2) is 48.5 Å². The molecule has 0 bridgehead atoms. The van der Waals surface area contributed by atoms with Gasteiger partial charge in [0.05, 0.1) is 6.61 Å². The fourth-order valence-corrected chi connectivity index (χ4v) is 2.40. The lowest BCUT2D eigenvalue weighted by atomic mass is 10.1. The highest BCUT2D eigenvalue weighted by Crippen LogP contribution is 2.33. The first-order chi connectivity index (χ1) is 10.9. The maximum absolute atomic E-state index is 6.09. The fourth-order valence-electron chi connectivity index (χ4n) is 2.40. The average Bonchev–Trinajstić information content (AvgIpc) is 3.37. The minimum atomic E-state index is 0. The summed E-state index contributed by atoms with van der Waals surface area (Å²) >= 11 is 0. The summed E-state index contributed by atoms with van der Waals surface area (Å²) in [6, 6.07) is 17.0. The van der Waals surface area contributed by atoms with Crippen molar-refractivity contribution >= 4 is 12.4 Å². The zero-order valence-corrected chi connectivity index (χ0v) is 14.3. The Morgan fingerprint density at radius 1 is 1.00 bits per heavy atom. The van der Waals surface area contributed by atoms with Gasteiger partial charge in [0, 0.05) is 18.2 Å². The molecule has 1 aliphatic rings. The molecular formula is C19H24ClNO2. The minimum Gasteiger partial charge on any atom is -0.490 e. The van der Waals surface area contributed by atoms with Gasteiger partial charge in [-0.15, -0.1) is 12.4 Å². The molecular weight excluding hydrogens is 310 g/mol. The SMILES string of the molecule is CCOc1cccc(CNC2CC2)c1OCc1ccccc1.Cl. The molecule has 0 spiro atoms. The van der Waals surface area contributed by atoms with Crippen molar-refractivity contribution in [1.29, 1.82) is 0 Å². The van der Waals surface area contributed by atoms with Crippen LogP contribution in [0.4, 0.5) is 0 Å². The van der Waals surface area contributed by atoms with Crippen molar-refractivity contribution in [3.8, 4) is 11.5 Å². The second-order valence-corrected chi connectivity index (χ2v) is 5.61. The Balaban J connectivity index is 0.00000192. The molecule has 2 aromatic carbocycles. The third kappa shape index (κ3) is 5.15. The van der Waals surface area contributed by atoms with Crippen molar-refractivity contribution in [3.05, 3.63) is 59.7 Å². The van der Waals surface area contributed by atoms with Gasteiger partial charge < -0.3 is 14.8 Å². The van der Waals surface area contributed by atoms with Gasteiger partial charge in [0.25, 0.3) is 0 Å². The van der Waals surface area contributed by atoms with Crippen molar-refractivity contribution in [2.75, 3.05) is 6.61 Å². The lowest BCUT2D eigenvalue weighted by molar-refractivity contribution is 0.266. The van der Waals surface area contributed by atoms with Gasteiger partial charge in [-0.2, -0.15) is 0 Å². The van der Waals surface area contributed by atoms with Gasteiger partial charge in [-0.3, -0.25) is 0 Å². The Hall–Kier alpha value is -1.71. The third-order valence-corrected chi connectivity index (χ3v) is 3.74. The maximum atomic E-state index is 6.09. The predicted molar refractivity (Wildman–Crippen MR) is 95.5 cm³/mol. The number of halogens is 1. The number of para-hydroxylation sites is 1. The molecule has 0 saturated heterocycles. The standard InChI is InChI=1S/C19H23NO2.ClH/c1-2-21-18-10-6-9-16(13-20-17-11-12-17)19(18)22-14-15-7-4-3-5-8-15;/h3-10,17,20H,2,11-14H2,1H3;1H. The largest absolute Gasteiger partial charge is 0.490 e. The van der Waals surface area contributed by atoms with Crippen LogP contribution in [0.3, 0.4) is 0 Å². The van der Waals surface area contributed by atoms with Gasteiger partial charge in [-0.25, -0.2) is 0 Å². The van der Waals surface area contributed by atoms with E-state index in [1.807, 2.05) is 37.3 Å². The summed E-state index contributed by atoms with van der Waals surface area (Å²) in [5.74, 6) is 1.69. The van der Waals surface area contributed by atoms with E-state index in [4.69, 9.17) is 9.47 Å². The van der Waals surface area contributed by atoms with Crippen LogP contribution in [0.25, 0.3) is 0 Å². The van der Waals surface area contributed by atoms with E-state index in [0.29, 0.717) is 19.3 Å². The lowest BCUT2D eigenvalue weighted by Crippen LogP contribution is -2.16. The number of benzene rings is 2. The summed E-state index contributed by atoms with van der Waals surface area (Å²) in [7, 11) is 0. The van der Waals surface area contributed by atoms with Crippen molar-refractivity contribution in [2.24, 2.45) is 0 Å². The molecule has 4 heteroatoms. The van der Waals surface area contributed by atoms with Crippen LogP contribution in [0.5, 0.6) is 11.5 Å². The number of rotatable bonds is 8. The van der Waals surface area contributed by atoms with Gasteiger partial charge in [0.15, 0.2) is 11.5 Å². The van der Waals surface area contributed by atoms with E-state index in [-0.39, 0.29) is 12.4 Å². The molecule has 23 heavy (non-hydrogen) atoms. The Bertz CT molecular complexity index is 600. The summed E-state index contributed by atoms with van der Waals surface area (Å²) < 4.78 is 11.8. The van der Waals surface area contributed by atoms with Gasteiger partial charge in [-0.05, 0) is 31.4 Å². The van der Waals surface area contributed by atoms with Crippen LogP contribution in [-0.2, 0) is 13.2 Å². The van der Waals surface area contributed by atoms with E-state index in [1.165, 1.54) is 12.8 Å². The Morgan fingerprint density at radius 3 is 2.48 bits per heavy atom. The van der Waals surface area contributed by atoms with Gasteiger partial charge in [0.2, 0.25) is 0 Å². The molecule has 0 aromatic heterocycles. The second-order valence-electron chi connectivity index (χ2n) is 5.61. The van der Waals surface area contributed by atoms with E-state index in [1.54, 1.807) is 0 Å². The molecule has 3 nitrogen and oxygen atoms in total. The predicted octanol–water partition coefficient (Wildman–Crippen LogP) is 4.34. The lowest BCUT2D eigenvalue weighted by Gasteiger charge is -2.16. The van der Waals surface area contributed by atoms with Crippen molar-refractivity contribution in [2.45, 2.75) is 39.0 Å². The van der Waals surface area contributed by atoms with E-state index in [0.717, 1.165) is 29.2 Å². The van der Waals surface area contributed by atoms with E-state index in [2.05, 4.69) is 23.5 Å². The van der Waals surface area contributed by atoms with Crippen LogP contribution >= 0.6 is 12.4 Å². The molecule has 1 aliphatic carbocycles. The molecule has 0 amide bonds. The molecule has 0 unspecified atom stereocenters.